The van der Waals surface area contributed by atoms with E-state index < -0.39 is 6.10 Å². The molecule has 2 aromatic heterocycles. The van der Waals surface area contributed by atoms with Gasteiger partial charge in [-0.1, -0.05) is 30.3 Å². The molecule has 2 heterocycles. The number of nitrogens with zero attached hydrogens (tertiary/aromatic N) is 5. The number of anilines is 1. The Labute approximate surface area is 175 Å². The number of benzene rings is 2. The first-order chi connectivity index (χ1) is 14.0. The monoisotopic (exact) mass is 454 g/mol. The van der Waals surface area contributed by atoms with Gasteiger partial charge in [-0.3, -0.25) is 4.68 Å². The number of hydrogen-bond donors (Lipinski definition) is 1. The van der Waals surface area contributed by atoms with Gasteiger partial charge in [0.2, 0.25) is 0 Å². The molecule has 0 bridgehead atoms. The molecule has 0 aliphatic carbocycles. The third-order valence-electron chi connectivity index (χ3n) is 4.33. The van der Waals surface area contributed by atoms with Gasteiger partial charge in [-0.05, 0) is 28.4 Å². The first-order valence-electron chi connectivity index (χ1n) is 8.94. The van der Waals surface area contributed by atoms with E-state index in [0.29, 0.717) is 45.1 Å². The van der Waals surface area contributed by atoms with E-state index >= 15 is 0 Å². The maximum Gasteiger partial charge on any atom is 0.191 e. The van der Waals surface area contributed by atoms with Crippen molar-refractivity contribution >= 4 is 32.7 Å². The lowest BCUT2D eigenvalue weighted by atomic mass is 10.2. The van der Waals surface area contributed by atoms with E-state index in [1.165, 1.54) is 6.33 Å². The number of rotatable bonds is 6. The summed E-state index contributed by atoms with van der Waals surface area (Å²) in [5.41, 5.74) is 7.79. The van der Waals surface area contributed by atoms with Crippen LogP contribution in [0.5, 0.6) is 11.5 Å². The van der Waals surface area contributed by atoms with Crippen LogP contribution in [-0.2, 0) is 13.7 Å². The van der Waals surface area contributed by atoms with Gasteiger partial charge in [0, 0.05) is 13.1 Å². The van der Waals surface area contributed by atoms with E-state index in [1.54, 1.807) is 24.1 Å². The highest BCUT2D eigenvalue weighted by molar-refractivity contribution is 9.10. The fourth-order valence-corrected chi connectivity index (χ4v) is 3.43. The lowest BCUT2D eigenvalue weighted by Crippen LogP contribution is -2.08. The molecule has 0 saturated heterocycles. The van der Waals surface area contributed by atoms with Gasteiger partial charge in [-0.2, -0.15) is 5.10 Å². The molecule has 0 aliphatic rings. The lowest BCUT2D eigenvalue weighted by Gasteiger charge is -2.17. The van der Waals surface area contributed by atoms with Crippen LogP contribution in [0, 0.1) is 0 Å². The lowest BCUT2D eigenvalue weighted by molar-refractivity contribution is 0.217. The molecule has 0 spiro atoms. The quantitative estimate of drug-likeness (QED) is 0.472. The summed E-state index contributed by atoms with van der Waals surface area (Å²) in [6.45, 7) is 2.27. The Bertz CT molecular complexity index is 1150. The van der Waals surface area contributed by atoms with Gasteiger partial charge in [-0.25, -0.2) is 15.0 Å². The van der Waals surface area contributed by atoms with E-state index in [9.17, 15) is 0 Å². The number of halogens is 1. The summed E-state index contributed by atoms with van der Waals surface area (Å²) in [7, 11) is 1.81. The molecule has 0 fully saturated rings. The molecule has 4 aromatic rings. The number of aromatic nitrogens is 5. The first kappa shape index (κ1) is 19.1. The molecule has 1 unspecified atom stereocenters. The molecule has 0 aliphatic heterocycles. The molecule has 29 heavy (non-hydrogen) atoms. The van der Waals surface area contributed by atoms with Crippen molar-refractivity contribution in [2.75, 3.05) is 5.73 Å². The predicted octanol–water partition coefficient (Wildman–Crippen LogP) is 3.82. The Balaban J connectivity index is 1.72. The zero-order valence-corrected chi connectivity index (χ0v) is 17.5. The smallest absolute Gasteiger partial charge is 0.191 e. The highest BCUT2D eigenvalue weighted by Gasteiger charge is 2.20. The van der Waals surface area contributed by atoms with Crippen molar-refractivity contribution in [1.82, 2.24) is 24.7 Å². The molecule has 148 valence electrons. The SMILES string of the molecule is CC(Oc1cc(OCc2ccccc2)c(Br)c2ncnc(N)c12)c1ncn(C)n1. The number of nitrogen functional groups attached to an aromatic ring is 1. The minimum absolute atomic E-state index is 0.321. The largest absolute Gasteiger partial charge is 0.487 e. The van der Waals surface area contributed by atoms with Crippen LogP contribution in [0.1, 0.15) is 24.4 Å². The topological polar surface area (TPSA) is 101 Å². The number of ether oxygens (including phenoxy) is 2. The van der Waals surface area contributed by atoms with Gasteiger partial charge in [0.25, 0.3) is 0 Å². The first-order valence-corrected chi connectivity index (χ1v) is 9.74. The maximum atomic E-state index is 6.16. The number of aryl methyl sites for hydroxylation is 1. The molecule has 8 nitrogen and oxygen atoms in total. The molecule has 4 rings (SSSR count). The van der Waals surface area contributed by atoms with Crippen LogP contribution >= 0.6 is 15.9 Å². The molecule has 9 heteroatoms. The molecule has 2 N–H and O–H groups in total. The second-order valence-electron chi connectivity index (χ2n) is 6.48. The normalized spacial score (nSPS) is 12.1. The van der Waals surface area contributed by atoms with E-state index in [2.05, 4.69) is 36.0 Å². The molecule has 0 radical (unpaired) electrons. The summed E-state index contributed by atoms with van der Waals surface area (Å²) >= 11 is 3.58. The van der Waals surface area contributed by atoms with Gasteiger partial charge in [0.15, 0.2) is 11.9 Å². The summed E-state index contributed by atoms with van der Waals surface area (Å²) < 4.78 is 14.5. The number of hydrogen-bond acceptors (Lipinski definition) is 7. The zero-order valence-electron chi connectivity index (χ0n) is 15.9. The van der Waals surface area contributed by atoms with Crippen molar-refractivity contribution < 1.29 is 9.47 Å². The van der Waals surface area contributed by atoms with Gasteiger partial charge in [0.05, 0.1) is 15.4 Å². The van der Waals surface area contributed by atoms with Crippen LogP contribution in [-0.4, -0.2) is 24.7 Å². The van der Waals surface area contributed by atoms with Gasteiger partial charge < -0.3 is 15.2 Å². The van der Waals surface area contributed by atoms with Gasteiger partial charge in [-0.15, -0.1) is 0 Å². The van der Waals surface area contributed by atoms with Gasteiger partial charge >= 0.3 is 0 Å². The van der Waals surface area contributed by atoms with E-state index in [1.807, 2.05) is 37.3 Å². The summed E-state index contributed by atoms with van der Waals surface area (Å²) in [4.78, 5) is 12.7. The summed E-state index contributed by atoms with van der Waals surface area (Å²) in [6.07, 6.45) is 2.64. The Morgan fingerprint density at radius 2 is 1.93 bits per heavy atom. The molecule has 0 amide bonds. The Morgan fingerprint density at radius 1 is 1.14 bits per heavy atom. The Morgan fingerprint density at radius 3 is 2.66 bits per heavy atom. The van der Waals surface area contributed by atoms with Gasteiger partial charge in [0.1, 0.15) is 36.6 Å². The second-order valence-corrected chi connectivity index (χ2v) is 7.27. The second kappa shape index (κ2) is 8.04. The highest BCUT2D eigenvalue weighted by atomic mass is 79.9. The van der Waals surface area contributed by atoms with Crippen molar-refractivity contribution in [3.05, 3.63) is 64.9 Å². The summed E-state index contributed by atoms with van der Waals surface area (Å²) in [5.74, 6) is 1.98. The van der Waals surface area contributed by atoms with Crippen molar-refractivity contribution in [2.45, 2.75) is 19.6 Å². The van der Waals surface area contributed by atoms with E-state index in [0.717, 1.165) is 5.56 Å². The fourth-order valence-electron chi connectivity index (χ4n) is 2.90. The molecule has 2 aromatic carbocycles. The van der Waals surface area contributed by atoms with Crippen LogP contribution in [0.25, 0.3) is 10.9 Å². The third-order valence-corrected chi connectivity index (χ3v) is 5.10. The minimum atomic E-state index is -0.401. The van der Waals surface area contributed by atoms with Crippen molar-refractivity contribution in [3.8, 4) is 11.5 Å². The Kier molecular flexibility index (Phi) is 5.30. The minimum Gasteiger partial charge on any atom is -0.487 e. The van der Waals surface area contributed by atoms with Crippen LogP contribution in [0.2, 0.25) is 0 Å². The molecule has 1 atom stereocenters. The fraction of sp³-hybridized carbons (Fsp3) is 0.200. The summed E-state index contributed by atoms with van der Waals surface area (Å²) in [5, 5.41) is 4.91. The average Bonchev–Trinajstić information content (AvgIpc) is 3.16. The Hall–Kier alpha value is -3.20. The van der Waals surface area contributed by atoms with Crippen molar-refractivity contribution in [1.29, 1.82) is 0 Å². The van der Waals surface area contributed by atoms with Crippen LogP contribution in [0.3, 0.4) is 0 Å². The predicted molar refractivity (Wildman–Crippen MR) is 112 cm³/mol. The third kappa shape index (κ3) is 4.00. The summed E-state index contributed by atoms with van der Waals surface area (Å²) in [6, 6.07) is 11.7. The number of nitrogens with two attached hydrogens (primary N) is 1. The highest BCUT2D eigenvalue weighted by Crippen LogP contribution is 2.41. The van der Waals surface area contributed by atoms with Crippen molar-refractivity contribution in [3.63, 3.8) is 0 Å². The molecular formula is C20H19BrN6O2. The maximum absolute atomic E-state index is 6.16. The zero-order chi connectivity index (χ0) is 20.4. The van der Waals surface area contributed by atoms with Crippen LogP contribution in [0.4, 0.5) is 5.82 Å². The van der Waals surface area contributed by atoms with E-state index in [4.69, 9.17) is 15.2 Å². The standard InChI is InChI=1S/C20H19BrN6O2/c1-12(20-25-11-27(2)26-20)29-14-8-15(28-9-13-6-4-3-5-7-13)17(21)18-16(14)19(22)24-10-23-18/h3-8,10-12H,9H2,1-2H3,(H2,22,23,24). The number of fused-ring (bicyclic) bond motifs is 1. The van der Waals surface area contributed by atoms with E-state index in [-0.39, 0.29) is 0 Å². The molecule has 0 saturated carbocycles. The molecular weight excluding hydrogens is 436 g/mol. The average molecular weight is 455 g/mol. The van der Waals surface area contributed by atoms with Crippen LogP contribution < -0.4 is 15.2 Å². The van der Waals surface area contributed by atoms with Crippen LogP contribution in [0.15, 0.2) is 53.5 Å². The van der Waals surface area contributed by atoms with Crippen molar-refractivity contribution in [2.24, 2.45) is 7.05 Å².